The Hall–Kier alpha value is -1.35. The Labute approximate surface area is 103 Å². The van der Waals surface area contributed by atoms with Crippen LogP contribution in [0.1, 0.15) is 24.3 Å². The Balaban J connectivity index is 2.24. The third kappa shape index (κ3) is 2.86. The summed E-state index contributed by atoms with van der Waals surface area (Å²) in [6, 6.07) is 10.9. The summed E-state index contributed by atoms with van der Waals surface area (Å²) >= 11 is 0. The summed E-state index contributed by atoms with van der Waals surface area (Å²) in [4.78, 5) is 13.7. The van der Waals surface area contributed by atoms with Gasteiger partial charge < -0.3 is 10.2 Å². The molecular weight excluding hydrogens is 212 g/mol. The van der Waals surface area contributed by atoms with Gasteiger partial charge in [0.25, 0.3) is 0 Å². The van der Waals surface area contributed by atoms with E-state index in [0.717, 1.165) is 13.0 Å². The second-order valence-corrected chi connectivity index (χ2v) is 4.89. The Morgan fingerprint density at radius 1 is 1.24 bits per heavy atom. The second kappa shape index (κ2) is 5.32. The van der Waals surface area contributed by atoms with Gasteiger partial charge in [-0.05, 0) is 26.1 Å². The van der Waals surface area contributed by atoms with Crippen LogP contribution >= 0.6 is 0 Å². The molecule has 3 heteroatoms. The molecule has 1 aromatic rings. The molecule has 1 aliphatic heterocycles. The summed E-state index contributed by atoms with van der Waals surface area (Å²) in [5.74, 6) is 0.612. The van der Waals surface area contributed by atoms with Gasteiger partial charge in [-0.1, -0.05) is 30.3 Å². The Bertz CT molecular complexity index is 375. The molecule has 17 heavy (non-hydrogen) atoms. The fraction of sp³-hybridized carbons (Fsp3) is 0.500. The molecule has 1 aromatic carbocycles. The van der Waals surface area contributed by atoms with Gasteiger partial charge >= 0.3 is 0 Å². The number of likely N-dealkylation sites (N-methyl/N-ethyl adjacent to an activating group) is 1. The fourth-order valence-electron chi connectivity index (χ4n) is 2.56. The van der Waals surface area contributed by atoms with Gasteiger partial charge in [0.15, 0.2) is 0 Å². The second-order valence-electron chi connectivity index (χ2n) is 4.89. The molecule has 2 atom stereocenters. The van der Waals surface area contributed by atoms with Crippen molar-refractivity contribution in [2.45, 2.75) is 24.8 Å². The lowest BCUT2D eigenvalue weighted by molar-refractivity contribution is -0.120. The van der Waals surface area contributed by atoms with E-state index in [4.69, 9.17) is 0 Å². The predicted octanol–water partition coefficient (Wildman–Crippen LogP) is 1.61. The minimum atomic E-state index is 0.176. The van der Waals surface area contributed by atoms with Crippen molar-refractivity contribution in [2.75, 3.05) is 20.6 Å². The smallest absolute Gasteiger partial charge is 0.220 e. The molecule has 0 aliphatic carbocycles. The fourth-order valence-corrected chi connectivity index (χ4v) is 2.56. The Morgan fingerprint density at radius 3 is 2.59 bits per heavy atom. The van der Waals surface area contributed by atoms with E-state index in [2.05, 4.69) is 48.6 Å². The largest absolute Gasteiger partial charge is 0.355 e. The SMILES string of the molecule is CN(C)C1CNC(=O)CCC1c1ccccc1. The number of nitrogens with zero attached hydrogens (tertiary/aromatic N) is 1. The highest BCUT2D eigenvalue weighted by molar-refractivity contribution is 5.76. The van der Waals surface area contributed by atoms with Gasteiger partial charge in [-0.25, -0.2) is 0 Å². The summed E-state index contributed by atoms with van der Waals surface area (Å²) in [6.45, 7) is 0.741. The zero-order valence-corrected chi connectivity index (χ0v) is 10.5. The highest BCUT2D eigenvalue weighted by Gasteiger charge is 2.28. The molecular formula is C14H20N2O. The average molecular weight is 232 g/mol. The van der Waals surface area contributed by atoms with Crippen LogP contribution in [-0.4, -0.2) is 37.5 Å². The third-order valence-corrected chi connectivity index (χ3v) is 3.55. The van der Waals surface area contributed by atoms with E-state index in [1.54, 1.807) is 0 Å². The third-order valence-electron chi connectivity index (χ3n) is 3.55. The molecule has 0 bridgehead atoms. The van der Waals surface area contributed by atoms with Crippen LogP contribution in [0.5, 0.6) is 0 Å². The molecule has 1 N–H and O–H groups in total. The first-order valence-electron chi connectivity index (χ1n) is 6.16. The van der Waals surface area contributed by atoms with Crippen molar-refractivity contribution in [3.05, 3.63) is 35.9 Å². The van der Waals surface area contributed by atoms with Gasteiger partial charge in [0.2, 0.25) is 5.91 Å². The molecule has 0 saturated carbocycles. The quantitative estimate of drug-likeness (QED) is 0.840. The van der Waals surface area contributed by atoms with E-state index in [-0.39, 0.29) is 5.91 Å². The topological polar surface area (TPSA) is 32.3 Å². The molecule has 3 nitrogen and oxygen atoms in total. The van der Waals surface area contributed by atoms with Crippen molar-refractivity contribution in [3.8, 4) is 0 Å². The van der Waals surface area contributed by atoms with E-state index in [0.29, 0.717) is 18.4 Å². The van der Waals surface area contributed by atoms with Crippen LogP contribution in [0.2, 0.25) is 0 Å². The van der Waals surface area contributed by atoms with E-state index in [1.807, 2.05) is 6.07 Å². The van der Waals surface area contributed by atoms with Gasteiger partial charge in [-0.3, -0.25) is 4.79 Å². The standard InChI is InChI=1S/C14H20N2O/c1-16(2)13-10-15-14(17)9-8-12(13)11-6-4-3-5-7-11/h3-7,12-13H,8-10H2,1-2H3,(H,15,17). The van der Waals surface area contributed by atoms with Gasteiger partial charge in [0.05, 0.1) is 0 Å². The van der Waals surface area contributed by atoms with E-state index in [1.165, 1.54) is 5.56 Å². The lowest BCUT2D eigenvalue weighted by atomic mass is 9.87. The van der Waals surface area contributed by atoms with Crippen molar-refractivity contribution < 1.29 is 4.79 Å². The van der Waals surface area contributed by atoms with Crippen LogP contribution < -0.4 is 5.32 Å². The van der Waals surface area contributed by atoms with E-state index in [9.17, 15) is 4.79 Å². The van der Waals surface area contributed by atoms with E-state index < -0.39 is 0 Å². The number of carbonyl (C=O) groups excluding carboxylic acids is 1. The lowest BCUT2D eigenvalue weighted by Gasteiger charge is -2.30. The molecule has 1 amide bonds. The normalized spacial score (nSPS) is 25.5. The Morgan fingerprint density at radius 2 is 1.94 bits per heavy atom. The molecule has 92 valence electrons. The van der Waals surface area contributed by atoms with Gasteiger partial charge in [0, 0.05) is 24.9 Å². The summed E-state index contributed by atoms with van der Waals surface area (Å²) in [7, 11) is 4.16. The Kier molecular flexibility index (Phi) is 3.79. The lowest BCUT2D eigenvalue weighted by Crippen LogP contribution is -2.41. The number of rotatable bonds is 2. The molecule has 0 radical (unpaired) electrons. The van der Waals surface area contributed by atoms with Crippen LogP contribution in [0.25, 0.3) is 0 Å². The predicted molar refractivity (Wildman–Crippen MR) is 68.9 cm³/mol. The molecule has 1 heterocycles. The molecule has 0 aromatic heterocycles. The van der Waals surface area contributed by atoms with Crippen LogP contribution in [0.3, 0.4) is 0 Å². The molecule has 1 aliphatic rings. The summed E-state index contributed by atoms with van der Waals surface area (Å²) < 4.78 is 0. The number of nitrogens with one attached hydrogen (secondary N) is 1. The minimum absolute atomic E-state index is 0.176. The summed E-state index contributed by atoms with van der Waals surface area (Å²) in [5.41, 5.74) is 1.34. The molecule has 2 rings (SSSR count). The monoisotopic (exact) mass is 232 g/mol. The highest BCUT2D eigenvalue weighted by Crippen LogP contribution is 2.28. The maximum absolute atomic E-state index is 11.5. The van der Waals surface area contributed by atoms with Crippen molar-refractivity contribution in [2.24, 2.45) is 0 Å². The van der Waals surface area contributed by atoms with Crippen LogP contribution in [-0.2, 0) is 4.79 Å². The first kappa shape index (κ1) is 12.1. The number of hydrogen-bond donors (Lipinski definition) is 1. The first-order valence-corrected chi connectivity index (χ1v) is 6.16. The number of hydrogen-bond acceptors (Lipinski definition) is 2. The van der Waals surface area contributed by atoms with Gasteiger partial charge in [0.1, 0.15) is 0 Å². The van der Waals surface area contributed by atoms with Crippen LogP contribution in [0, 0.1) is 0 Å². The molecule has 0 spiro atoms. The van der Waals surface area contributed by atoms with Crippen molar-refractivity contribution in [1.29, 1.82) is 0 Å². The average Bonchev–Trinajstić information content (AvgIpc) is 2.52. The first-order chi connectivity index (χ1) is 8.18. The van der Waals surface area contributed by atoms with E-state index >= 15 is 0 Å². The number of amides is 1. The van der Waals surface area contributed by atoms with Gasteiger partial charge in [-0.2, -0.15) is 0 Å². The maximum atomic E-state index is 11.5. The van der Waals surface area contributed by atoms with Crippen molar-refractivity contribution in [1.82, 2.24) is 10.2 Å². The zero-order chi connectivity index (χ0) is 12.3. The molecule has 1 saturated heterocycles. The summed E-state index contributed by atoms with van der Waals surface area (Å²) in [6.07, 6.45) is 1.56. The minimum Gasteiger partial charge on any atom is -0.355 e. The van der Waals surface area contributed by atoms with Crippen molar-refractivity contribution in [3.63, 3.8) is 0 Å². The van der Waals surface area contributed by atoms with Crippen LogP contribution in [0.15, 0.2) is 30.3 Å². The maximum Gasteiger partial charge on any atom is 0.220 e. The highest BCUT2D eigenvalue weighted by atomic mass is 16.1. The number of benzene rings is 1. The molecule has 1 fully saturated rings. The van der Waals surface area contributed by atoms with Gasteiger partial charge in [-0.15, -0.1) is 0 Å². The zero-order valence-electron chi connectivity index (χ0n) is 10.5. The summed E-state index contributed by atoms with van der Waals surface area (Å²) in [5, 5.41) is 3.00. The van der Waals surface area contributed by atoms with Crippen molar-refractivity contribution >= 4 is 5.91 Å². The van der Waals surface area contributed by atoms with Crippen LogP contribution in [0.4, 0.5) is 0 Å². The number of carbonyl (C=O) groups is 1. The molecule has 2 unspecified atom stereocenters.